The van der Waals surface area contributed by atoms with E-state index < -0.39 is 6.04 Å². The van der Waals surface area contributed by atoms with Gasteiger partial charge in [0.05, 0.1) is 19.6 Å². The van der Waals surface area contributed by atoms with E-state index in [1.807, 2.05) is 17.5 Å². The first-order valence-corrected chi connectivity index (χ1v) is 7.86. The molecule has 1 aromatic heterocycles. The molecular formula is C16H15NO5S. The fourth-order valence-corrected chi connectivity index (χ4v) is 3.02. The molecule has 1 unspecified atom stereocenters. The van der Waals surface area contributed by atoms with Crippen molar-refractivity contribution in [2.24, 2.45) is 0 Å². The van der Waals surface area contributed by atoms with Crippen LogP contribution in [0.15, 0.2) is 35.7 Å². The Morgan fingerprint density at radius 3 is 2.87 bits per heavy atom. The van der Waals surface area contributed by atoms with Crippen LogP contribution < -0.4 is 14.8 Å². The van der Waals surface area contributed by atoms with Crippen molar-refractivity contribution in [1.82, 2.24) is 5.32 Å². The van der Waals surface area contributed by atoms with E-state index in [1.54, 1.807) is 18.2 Å². The maximum atomic E-state index is 12.5. The van der Waals surface area contributed by atoms with E-state index in [0.29, 0.717) is 17.1 Å². The number of thiophene rings is 1. The topological polar surface area (TPSA) is 73.9 Å². The highest BCUT2D eigenvalue weighted by Crippen LogP contribution is 2.32. The molecule has 0 saturated carbocycles. The zero-order valence-corrected chi connectivity index (χ0v) is 13.2. The summed E-state index contributed by atoms with van der Waals surface area (Å²) in [5.74, 6) is 0.490. The van der Waals surface area contributed by atoms with Crippen molar-refractivity contribution in [3.8, 4) is 11.5 Å². The van der Waals surface area contributed by atoms with E-state index in [2.05, 4.69) is 5.32 Å². The lowest BCUT2D eigenvalue weighted by Crippen LogP contribution is -2.30. The van der Waals surface area contributed by atoms with Gasteiger partial charge in [0.15, 0.2) is 11.5 Å². The molecule has 6 nitrogen and oxygen atoms in total. The first kappa shape index (κ1) is 15.4. The van der Waals surface area contributed by atoms with Gasteiger partial charge in [-0.15, -0.1) is 11.3 Å². The summed E-state index contributed by atoms with van der Waals surface area (Å²) < 4.78 is 15.2. The molecule has 2 heterocycles. The first-order chi connectivity index (χ1) is 11.2. The largest absolute Gasteiger partial charge is 0.469 e. The SMILES string of the molecule is COC(=O)CC(NC(=O)c1ccc2c(c1)OCO2)c1cccs1. The van der Waals surface area contributed by atoms with E-state index in [-0.39, 0.29) is 25.1 Å². The van der Waals surface area contributed by atoms with E-state index in [9.17, 15) is 9.59 Å². The average molecular weight is 333 g/mol. The van der Waals surface area contributed by atoms with Crippen LogP contribution in [-0.2, 0) is 9.53 Å². The molecule has 0 saturated heterocycles. The molecular weight excluding hydrogens is 318 g/mol. The molecule has 2 aromatic rings. The Labute approximate surface area is 137 Å². The zero-order valence-electron chi connectivity index (χ0n) is 12.4. The molecule has 0 aliphatic carbocycles. The van der Waals surface area contributed by atoms with Crippen LogP contribution in [0.5, 0.6) is 11.5 Å². The van der Waals surface area contributed by atoms with Gasteiger partial charge >= 0.3 is 5.97 Å². The van der Waals surface area contributed by atoms with Crippen molar-refractivity contribution in [2.45, 2.75) is 12.5 Å². The summed E-state index contributed by atoms with van der Waals surface area (Å²) in [7, 11) is 1.33. The molecule has 0 spiro atoms. The van der Waals surface area contributed by atoms with Gasteiger partial charge in [-0.3, -0.25) is 9.59 Å². The number of carbonyl (C=O) groups is 2. The molecule has 0 bridgehead atoms. The molecule has 1 aliphatic heterocycles. The number of hydrogen-bond donors (Lipinski definition) is 1. The molecule has 7 heteroatoms. The van der Waals surface area contributed by atoms with Crippen molar-refractivity contribution >= 4 is 23.2 Å². The Morgan fingerprint density at radius 1 is 1.30 bits per heavy atom. The number of rotatable bonds is 5. The van der Waals surface area contributed by atoms with E-state index >= 15 is 0 Å². The Hall–Kier alpha value is -2.54. The average Bonchev–Trinajstić information content (AvgIpc) is 3.24. The predicted octanol–water partition coefficient (Wildman–Crippen LogP) is 2.51. The van der Waals surface area contributed by atoms with Crippen LogP contribution in [0.1, 0.15) is 27.7 Å². The summed E-state index contributed by atoms with van der Waals surface area (Å²) in [5.41, 5.74) is 0.445. The second-order valence-electron chi connectivity index (χ2n) is 4.89. The van der Waals surface area contributed by atoms with Crippen LogP contribution in [-0.4, -0.2) is 25.8 Å². The Balaban J connectivity index is 1.76. The summed E-state index contributed by atoms with van der Waals surface area (Å²) in [5, 5.41) is 4.76. The number of methoxy groups -OCH3 is 1. The van der Waals surface area contributed by atoms with Crippen LogP contribution >= 0.6 is 11.3 Å². The smallest absolute Gasteiger partial charge is 0.307 e. The standard InChI is InChI=1S/C16H15NO5S/c1-20-15(18)8-11(14-3-2-6-23-14)17-16(19)10-4-5-12-13(7-10)22-9-21-12/h2-7,11H,8-9H2,1H3,(H,17,19). The highest BCUT2D eigenvalue weighted by molar-refractivity contribution is 7.10. The van der Waals surface area contributed by atoms with Crippen LogP contribution in [0.4, 0.5) is 0 Å². The van der Waals surface area contributed by atoms with Gasteiger partial charge in [-0.05, 0) is 29.6 Å². The van der Waals surface area contributed by atoms with E-state index in [1.165, 1.54) is 18.4 Å². The van der Waals surface area contributed by atoms with Crippen molar-refractivity contribution < 1.29 is 23.8 Å². The molecule has 1 aliphatic rings. The number of benzene rings is 1. The van der Waals surface area contributed by atoms with Crippen molar-refractivity contribution in [3.05, 3.63) is 46.2 Å². The van der Waals surface area contributed by atoms with Crippen LogP contribution in [0, 0.1) is 0 Å². The molecule has 0 radical (unpaired) electrons. The maximum absolute atomic E-state index is 12.5. The maximum Gasteiger partial charge on any atom is 0.307 e. The lowest BCUT2D eigenvalue weighted by atomic mass is 10.1. The van der Waals surface area contributed by atoms with Gasteiger partial charge in [-0.1, -0.05) is 6.07 Å². The molecule has 3 rings (SSSR count). The monoisotopic (exact) mass is 333 g/mol. The first-order valence-electron chi connectivity index (χ1n) is 6.98. The van der Waals surface area contributed by atoms with Crippen molar-refractivity contribution in [2.75, 3.05) is 13.9 Å². The number of fused-ring (bicyclic) bond motifs is 1. The fraction of sp³-hybridized carbons (Fsp3) is 0.250. The summed E-state index contributed by atoms with van der Waals surface area (Å²) >= 11 is 1.47. The van der Waals surface area contributed by atoms with Crippen molar-refractivity contribution in [1.29, 1.82) is 0 Å². The molecule has 120 valence electrons. The minimum Gasteiger partial charge on any atom is -0.469 e. The van der Waals surface area contributed by atoms with Gasteiger partial charge in [-0.25, -0.2) is 0 Å². The molecule has 0 fully saturated rings. The molecule has 1 atom stereocenters. The van der Waals surface area contributed by atoms with Crippen LogP contribution in [0.2, 0.25) is 0 Å². The molecule has 23 heavy (non-hydrogen) atoms. The van der Waals surface area contributed by atoms with Gasteiger partial charge in [0.25, 0.3) is 5.91 Å². The minimum absolute atomic E-state index is 0.0767. The lowest BCUT2D eigenvalue weighted by Gasteiger charge is -2.16. The number of ether oxygens (including phenoxy) is 3. The highest BCUT2D eigenvalue weighted by Gasteiger charge is 2.22. The van der Waals surface area contributed by atoms with E-state index in [0.717, 1.165) is 4.88 Å². The Morgan fingerprint density at radius 2 is 2.13 bits per heavy atom. The third kappa shape index (κ3) is 3.45. The minimum atomic E-state index is -0.430. The lowest BCUT2D eigenvalue weighted by molar-refractivity contribution is -0.141. The van der Waals surface area contributed by atoms with Gasteiger partial charge in [0.1, 0.15) is 0 Å². The summed E-state index contributed by atoms with van der Waals surface area (Å²) in [4.78, 5) is 24.9. The zero-order chi connectivity index (χ0) is 16.2. The van der Waals surface area contributed by atoms with Crippen molar-refractivity contribution in [3.63, 3.8) is 0 Å². The van der Waals surface area contributed by atoms with Gasteiger partial charge in [0, 0.05) is 10.4 Å². The molecule has 1 aromatic carbocycles. The third-order valence-corrected chi connectivity index (χ3v) is 4.41. The van der Waals surface area contributed by atoms with E-state index in [4.69, 9.17) is 14.2 Å². The van der Waals surface area contributed by atoms with Gasteiger partial charge in [-0.2, -0.15) is 0 Å². The Bertz CT molecular complexity index is 713. The summed E-state index contributed by atoms with van der Waals surface area (Å²) in [6.45, 7) is 0.153. The second kappa shape index (κ2) is 6.70. The second-order valence-corrected chi connectivity index (χ2v) is 5.87. The third-order valence-electron chi connectivity index (χ3n) is 3.43. The quantitative estimate of drug-likeness (QED) is 0.851. The number of nitrogens with one attached hydrogen (secondary N) is 1. The number of esters is 1. The fourth-order valence-electron chi connectivity index (χ4n) is 2.24. The molecule has 1 amide bonds. The summed E-state index contributed by atoms with van der Waals surface area (Å²) in [6.07, 6.45) is 0.0767. The normalized spacial score (nSPS) is 13.4. The van der Waals surface area contributed by atoms with Crippen LogP contribution in [0.3, 0.4) is 0 Å². The van der Waals surface area contributed by atoms with Gasteiger partial charge < -0.3 is 19.5 Å². The number of amides is 1. The highest BCUT2D eigenvalue weighted by atomic mass is 32.1. The molecule has 1 N–H and O–H groups in total. The number of hydrogen-bond acceptors (Lipinski definition) is 6. The number of carbonyl (C=O) groups excluding carboxylic acids is 2. The van der Waals surface area contributed by atoms with Crippen LogP contribution in [0.25, 0.3) is 0 Å². The Kier molecular flexibility index (Phi) is 4.47. The predicted molar refractivity (Wildman–Crippen MR) is 83.7 cm³/mol. The van der Waals surface area contributed by atoms with Gasteiger partial charge in [0.2, 0.25) is 6.79 Å². The summed E-state index contributed by atoms with van der Waals surface area (Å²) in [6, 6.07) is 8.29.